The summed E-state index contributed by atoms with van der Waals surface area (Å²) < 4.78 is 19.9. The van der Waals surface area contributed by atoms with Crippen LogP contribution in [0.4, 0.5) is 4.39 Å². The van der Waals surface area contributed by atoms with Gasteiger partial charge in [-0.25, -0.2) is 4.39 Å². The molecule has 128 valence electrons. The number of carbonyl (C=O) groups excluding carboxylic acids is 1. The van der Waals surface area contributed by atoms with Gasteiger partial charge in [-0.1, -0.05) is 24.6 Å². The molecule has 1 aromatic carbocycles. The van der Waals surface area contributed by atoms with Gasteiger partial charge in [0, 0.05) is 36.6 Å². The molecule has 1 aromatic rings. The molecule has 0 aliphatic carbocycles. The van der Waals surface area contributed by atoms with E-state index >= 15 is 0 Å². The zero-order valence-electron chi connectivity index (χ0n) is 13.6. The topological polar surface area (TPSA) is 41.6 Å². The first kappa shape index (κ1) is 18.2. The summed E-state index contributed by atoms with van der Waals surface area (Å²) in [4.78, 5) is 13.9. The van der Waals surface area contributed by atoms with Crippen LogP contribution in [0.25, 0.3) is 0 Å². The highest BCUT2D eigenvalue weighted by Gasteiger charge is 2.29. The summed E-state index contributed by atoms with van der Waals surface area (Å²) >= 11 is 6.25. The number of ether oxygens (including phenoxy) is 1. The highest BCUT2D eigenvalue weighted by molar-refractivity contribution is 6.31. The molecule has 1 aliphatic rings. The quantitative estimate of drug-likeness (QED) is 0.863. The van der Waals surface area contributed by atoms with E-state index in [1.165, 1.54) is 6.07 Å². The Hall–Kier alpha value is -1.17. The largest absolute Gasteiger partial charge is 0.376 e. The van der Waals surface area contributed by atoms with Gasteiger partial charge in [0.05, 0.1) is 18.8 Å². The summed E-state index contributed by atoms with van der Waals surface area (Å²) in [5, 5.41) is 3.29. The Balaban J connectivity index is 2.22. The van der Waals surface area contributed by atoms with Crippen molar-refractivity contribution in [2.75, 3.05) is 26.2 Å². The predicted molar refractivity (Wildman–Crippen MR) is 89.1 cm³/mol. The van der Waals surface area contributed by atoms with Gasteiger partial charge in [-0.3, -0.25) is 9.69 Å². The van der Waals surface area contributed by atoms with Gasteiger partial charge in [0.15, 0.2) is 0 Å². The second kappa shape index (κ2) is 8.62. The number of amides is 1. The zero-order chi connectivity index (χ0) is 16.8. The average molecular weight is 343 g/mol. The van der Waals surface area contributed by atoms with Crippen LogP contribution in [0, 0.1) is 5.82 Å². The molecule has 0 unspecified atom stereocenters. The summed E-state index contributed by atoms with van der Waals surface area (Å²) in [6.45, 7) is 6.23. The van der Waals surface area contributed by atoms with Gasteiger partial charge in [0.2, 0.25) is 5.91 Å². The number of nitrogens with zero attached hydrogens (tertiary/aromatic N) is 1. The molecule has 1 fully saturated rings. The van der Waals surface area contributed by atoms with E-state index in [4.69, 9.17) is 16.3 Å². The fourth-order valence-electron chi connectivity index (χ4n) is 2.90. The van der Waals surface area contributed by atoms with E-state index in [9.17, 15) is 9.18 Å². The van der Waals surface area contributed by atoms with E-state index in [0.29, 0.717) is 43.2 Å². The van der Waals surface area contributed by atoms with Gasteiger partial charge in [-0.05, 0) is 25.5 Å². The zero-order valence-corrected chi connectivity index (χ0v) is 14.4. The fraction of sp³-hybridized carbons (Fsp3) is 0.588. The molecule has 0 radical (unpaired) electrons. The van der Waals surface area contributed by atoms with E-state index in [1.54, 1.807) is 12.1 Å². The Labute approximate surface area is 141 Å². The summed E-state index contributed by atoms with van der Waals surface area (Å²) in [7, 11) is 0. The van der Waals surface area contributed by atoms with Crippen LogP contribution < -0.4 is 5.32 Å². The third-order valence-corrected chi connectivity index (χ3v) is 4.35. The van der Waals surface area contributed by atoms with Crippen molar-refractivity contribution in [2.24, 2.45) is 0 Å². The average Bonchev–Trinajstić information content (AvgIpc) is 2.50. The number of carbonyl (C=O) groups is 1. The van der Waals surface area contributed by atoms with Gasteiger partial charge in [0.1, 0.15) is 5.82 Å². The lowest BCUT2D eigenvalue weighted by molar-refractivity contribution is -0.121. The van der Waals surface area contributed by atoms with Crippen molar-refractivity contribution in [3.05, 3.63) is 34.6 Å². The minimum atomic E-state index is -0.341. The van der Waals surface area contributed by atoms with Gasteiger partial charge in [-0.2, -0.15) is 0 Å². The van der Waals surface area contributed by atoms with Crippen molar-refractivity contribution >= 4 is 17.5 Å². The van der Waals surface area contributed by atoms with Crippen LogP contribution in [0.5, 0.6) is 0 Å². The standard InChI is InChI=1S/C17H24ClFN2O2/c1-3-5-16(22)20-10-15(21-8-9-23-12(2)11-21)17-13(18)6-4-7-14(17)19/h4,6-7,12,15H,3,5,8-11H2,1-2H3,(H,20,22)/t12-,15+/m0/s1. The molecular formula is C17H24ClFN2O2. The number of nitrogens with one attached hydrogen (secondary N) is 1. The maximum Gasteiger partial charge on any atom is 0.220 e. The van der Waals surface area contributed by atoms with Crippen LogP contribution >= 0.6 is 11.6 Å². The third kappa shape index (κ3) is 4.90. The van der Waals surface area contributed by atoms with Gasteiger partial charge < -0.3 is 10.1 Å². The predicted octanol–water partition coefficient (Wildman–Crippen LogP) is 3.16. The molecule has 0 aromatic heterocycles. The smallest absolute Gasteiger partial charge is 0.220 e. The van der Waals surface area contributed by atoms with Crippen molar-refractivity contribution in [2.45, 2.75) is 38.8 Å². The molecule has 0 saturated carbocycles. The fourth-order valence-corrected chi connectivity index (χ4v) is 3.19. The lowest BCUT2D eigenvalue weighted by Gasteiger charge is -2.38. The van der Waals surface area contributed by atoms with Crippen molar-refractivity contribution in [1.82, 2.24) is 10.2 Å². The monoisotopic (exact) mass is 342 g/mol. The maximum absolute atomic E-state index is 14.4. The Bertz CT molecular complexity index is 521. The molecule has 1 heterocycles. The van der Waals surface area contributed by atoms with Crippen molar-refractivity contribution in [3.8, 4) is 0 Å². The number of hydrogen-bond donors (Lipinski definition) is 1. The SMILES string of the molecule is CCCC(=O)NC[C@H](c1c(F)cccc1Cl)N1CCO[C@@H](C)C1. The third-order valence-electron chi connectivity index (χ3n) is 4.02. The first-order valence-electron chi connectivity index (χ1n) is 8.09. The van der Waals surface area contributed by atoms with Crippen molar-refractivity contribution < 1.29 is 13.9 Å². The Morgan fingerprint density at radius 2 is 2.35 bits per heavy atom. The number of hydrogen-bond acceptors (Lipinski definition) is 3. The van der Waals surface area contributed by atoms with Crippen LogP contribution in [-0.2, 0) is 9.53 Å². The number of halogens is 2. The maximum atomic E-state index is 14.4. The molecule has 23 heavy (non-hydrogen) atoms. The first-order valence-corrected chi connectivity index (χ1v) is 8.47. The van der Waals surface area contributed by atoms with Crippen LogP contribution in [0.15, 0.2) is 18.2 Å². The molecule has 2 atom stereocenters. The number of benzene rings is 1. The van der Waals surface area contributed by atoms with E-state index in [-0.39, 0.29) is 23.9 Å². The second-order valence-corrected chi connectivity index (χ2v) is 6.29. The number of morpholine rings is 1. The highest BCUT2D eigenvalue weighted by atomic mass is 35.5. The van der Waals surface area contributed by atoms with Crippen LogP contribution in [-0.4, -0.2) is 43.2 Å². The van der Waals surface area contributed by atoms with Crippen molar-refractivity contribution in [3.63, 3.8) is 0 Å². The van der Waals surface area contributed by atoms with E-state index in [1.807, 2.05) is 13.8 Å². The normalized spacial score (nSPS) is 20.3. The number of rotatable bonds is 6. The van der Waals surface area contributed by atoms with Gasteiger partial charge >= 0.3 is 0 Å². The summed E-state index contributed by atoms with van der Waals surface area (Å²) in [6.07, 6.45) is 1.33. The van der Waals surface area contributed by atoms with Crippen molar-refractivity contribution in [1.29, 1.82) is 0 Å². The van der Waals surface area contributed by atoms with Gasteiger partial charge in [-0.15, -0.1) is 0 Å². The summed E-state index contributed by atoms with van der Waals surface area (Å²) in [5.74, 6) is -0.363. The Kier molecular flexibility index (Phi) is 6.81. The molecule has 6 heteroatoms. The molecule has 1 aliphatic heterocycles. The molecule has 1 N–H and O–H groups in total. The Morgan fingerprint density at radius 3 is 3.00 bits per heavy atom. The molecule has 0 bridgehead atoms. The lowest BCUT2D eigenvalue weighted by Crippen LogP contribution is -2.46. The highest BCUT2D eigenvalue weighted by Crippen LogP contribution is 2.31. The molecule has 4 nitrogen and oxygen atoms in total. The van der Waals surface area contributed by atoms with E-state index in [2.05, 4.69) is 10.2 Å². The van der Waals surface area contributed by atoms with E-state index < -0.39 is 0 Å². The minimum absolute atomic E-state index is 0.0220. The van der Waals surface area contributed by atoms with Crippen LogP contribution in [0.2, 0.25) is 5.02 Å². The molecule has 1 saturated heterocycles. The Morgan fingerprint density at radius 1 is 1.57 bits per heavy atom. The first-order chi connectivity index (χ1) is 11.0. The summed E-state index contributed by atoms with van der Waals surface area (Å²) in [5.41, 5.74) is 0.445. The minimum Gasteiger partial charge on any atom is -0.376 e. The van der Waals surface area contributed by atoms with Gasteiger partial charge in [0.25, 0.3) is 0 Å². The molecule has 2 rings (SSSR count). The van der Waals surface area contributed by atoms with Crippen LogP contribution in [0.3, 0.4) is 0 Å². The molecule has 0 spiro atoms. The van der Waals surface area contributed by atoms with Crippen LogP contribution in [0.1, 0.15) is 38.3 Å². The second-order valence-electron chi connectivity index (χ2n) is 5.88. The lowest BCUT2D eigenvalue weighted by atomic mass is 10.0. The van der Waals surface area contributed by atoms with E-state index in [0.717, 1.165) is 6.42 Å². The molecule has 1 amide bonds. The summed E-state index contributed by atoms with van der Waals surface area (Å²) in [6, 6.07) is 4.39. The molecular weight excluding hydrogens is 319 g/mol.